The van der Waals surface area contributed by atoms with Gasteiger partial charge < -0.3 is 9.47 Å². The van der Waals surface area contributed by atoms with E-state index in [1.165, 1.54) is 0 Å². The van der Waals surface area contributed by atoms with Gasteiger partial charge in [0.05, 0.1) is 19.9 Å². The monoisotopic (exact) mass is 367 g/mol. The van der Waals surface area contributed by atoms with Gasteiger partial charge in [-0.1, -0.05) is 0 Å². The van der Waals surface area contributed by atoms with E-state index in [1.54, 1.807) is 13.3 Å². The van der Waals surface area contributed by atoms with Crippen LogP contribution < -0.4 is 9.47 Å². The zero-order valence-electron chi connectivity index (χ0n) is 15.9. The summed E-state index contributed by atoms with van der Waals surface area (Å²) in [5, 5.41) is 0. The number of ether oxygens (including phenoxy) is 2. The molecule has 2 saturated carbocycles. The molecule has 0 N–H and O–H groups in total. The molecule has 2 aliphatic rings. The summed E-state index contributed by atoms with van der Waals surface area (Å²) < 4.78 is 11.3. The number of Topliss-reactive ketones (excluding diaryl/α,β-unsaturated/α-hetero) is 1. The Kier molecular flexibility index (Phi) is 5.05. The Morgan fingerprint density at radius 2 is 2.11 bits per heavy atom. The summed E-state index contributed by atoms with van der Waals surface area (Å²) in [5.74, 6) is 3.50. The van der Waals surface area contributed by atoms with Gasteiger partial charge in [-0.3, -0.25) is 9.78 Å². The minimum absolute atomic E-state index is 0.181. The van der Waals surface area contributed by atoms with E-state index < -0.39 is 0 Å². The quantitative estimate of drug-likeness (QED) is 0.777. The van der Waals surface area contributed by atoms with Crippen LogP contribution in [0, 0.1) is 12.8 Å². The second kappa shape index (κ2) is 7.62. The molecule has 2 fully saturated rings. The van der Waals surface area contributed by atoms with Crippen molar-refractivity contribution in [3.63, 3.8) is 0 Å². The Bertz CT molecular complexity index is 822. The van der Waals surface area contributed by atoms with E-state index in [2.05, 4.69) is 15.0 Å². The molecule has 0 spiro atoms. The highest BCUT2D eigenvalue weighted by Crippen LogP contribution is 2.47. The third kappa shape index (κ3) is 4.10. The van der Waals surface area contributed by atoms with Crippen molar-refractivity contribution in [2.45, 2.75) is 50.9 Å². The molecule has 2 aromatic rings. The van der Waals surface area contributed by atoms with Gasteiger partial charge in [-0.15, -0.1) is 0 Å². The molecular weight excluding hydrogens is 342 g/mol. The van der Waals surface area contributed by atoms with E-state index >= 15 is 0 Å². The van der Waals surface area contributed by atoms with Crippen molar-refractivity contribution in [1.29, 1.82) is 0 Å². The first kappa shape index (κ1) is 17.9. The highest BCUT2D eigenvalue weighted by Gasteiger charge is 2.40. The lowest BCUT2D eigenvalue weighted by molar-refractivity contribution is -0.120. The molecule has 0 bridgehead atoms. The molecule has 0 radical (unpaired) electrons. The van der Waals surface area contributed by atoms with Crippen LogP contribution >= 0.6 is 0 Å². The van der Waals surface area contributed by atoms with E-state index in [4.69, 9.17) is 9.47 Å². The summed E-state index contributed by atoms with van der Waals surface area (Å²) in [6.07, 6.45) is 7.87. The number of carbonyl (C=O) groups excluding carboxylic acids is 1. The summed E-state index contributed by atoms with van der Waals surface area (Å²) in [4.78, 5) is 25.2. The second-order valence-corrected chi connectivity index (χ2v) is 7.55. The Morgan fingerprint density at radius 3 is 2.85 bits per heavy atom. The van der Waals surface area contributed by atoms with Crippen molar-refractivity contribution in [3.05, 3.63) is 41.6 Å². The van der Waals surface area contributed by atoms with Gasteiger partial charge in [0.25, 0.3) is 0 Å². The van der Waals surface area contributed by atoms with Gasteiger partial charge in [0.2, 0.25) is 5.88 Å². The number of ketones is 1. The molecule has 0 saturated heterocycles. The number of rotatable bonds is 6. The van der Waals surface area contributed by atoms with Crippen molar-refractivity contribution < 1.29 is 14.3 Å². The summed E-state index contributed by atoms with van der Waals surface area (Å²) >= 11 is 0. The van der Waals surface area contributed by atoms with Crippen LogP contribution in [0.1, 0.15) is 61.0 Å². The minimum Gasteiger partial charge on any atom is -0.495 e. The summed E-state index contributed by atoms with van der Waals surface area (Å²) in [7, 11) is 1.64. The molecule has 0 amide bonds. The first-order valence-corrected chi connectivity index (χ1v) is 9.62. The van der Waals surface area contributed by atoms with Crippen LogP contribution in [0.25, 0.3) is 0 Å². The number of methoxy groups -OCH3 is 1. The smallest absolute Gasteiger partial charge is 0.220 e. The molecule has 6 heteroatoms. The fourth-order valence-corrected chi connectivity index (χ4v) is 3.86. The van der Waals surface area contributed by atoms with Gasteiger partial charge in [-0.25, -0.2) is 4.98 Å². The maximum absolute atomic E-state index is 11.8. The Labute approximate surface area is 159 Å². The average Bonchev–Trinajstić information content (AvgIpc) is 3.46. The molecule has 2 aromatic heterocycles. The van der Waals surface area contributed by atoms with Crippen molar-refractivity contribution in [2.75, 3.05) is 13.7 Å². The standard InChI is InChI=1S/C21H25N3O3/c1-13-22-11-19(14-4-3-5-16(25)8-14)21(24-13)27-12-15-9-18(15)20-7-6-17(26-2)10-23-20/h6-7,10-11,14-15,18H,3-5,8-9,12H2,1-2H3. The van der Waals surface area contributed by atoms with E-state index in [0.29, 0.717) is 48.8 Å². The Hall–Kier alpha value is -2.50. The number of hydrogen-bond acceptors (Lipinski definition) is 6. The molecule has 2 aliphatic carbocycles. The predicted molar refractivity (Wildman–Crippen MR) is 100 cm³/mol. The number of nitrogens with zero attached hydrogens (tertiary/aromatic N) is 3. The van der Waals surface area contributed by atoms with Crippen LogP contribution in [0.3, 0.4) is 0 Å². The lowest BCUT2D eigenvalue weighted by atomic mass is 9.84. The lowest BCUT2D eigenvalue weighted by Gasteiger charge is -2.22. The molecule has 27 heavy (non-hydrogen) atoms. The first-order valence-electron chi connectivity index (χ1n) is 9.62. The fourth-order valence-electron chi connectivity index (χ4n) is 3.86. The first-order chi connectivity index (χ1) is 13.1. The minimum atomic E-state index is 0.181. The number of carbonyl (C=O) groups is 1. The molecular formula is C21H25N3O3. The molecule has 3 unspecified atom stereocenters. The van der Waals surface area contributed by atoms with Crippen LogP contribution in [0.5, 0.6) is 11.6 Å². The fraction of sp³-hybridized carbons (Fsp3) is 0.524. The third-order valence-electron chi connectivity index (χ3n) is 5.55. The van der Waals surface area contributed by atoms with E-state index in [-0.39, 0.29) is 5.92 Å². The van der Waals surface area contributed by atoms with Gasteiger partial charge in [-0.05, 0) is 44.2 Å². The van der Waals surface area contributed by atoms with Crippen LogP contribution in [0.15, 0.2) is 24.5 Å². The molecule has 3 atom stereocenters. The molecule has 0 aromatic carbocycles. The zero-order chi connectivity index (χ0) is 18.8. The van der Waals surface area contributed by atoms with Crippen molar-refractivity contribution >= 4 is 5.78 Å². The van der Waals surface area contributed by atoms with Crippen molar-refractivity contribution in [2.24, 2.45) is 5.92 Å². The van der Waals surface area contributed by atoms with Gasteiger partial charge >= 0.3 is 0 Å². The maximum atomic E-state index is 11.8. The van der Waals surface area contributed by atoms with Gasteiger partial charge in [0.1, 0.15) is 17.4 Å². The molecule has 4 rings (SSSR count). The van der Waals surface area contributed by atoms with Crippen molar-refractivity contribution in [3.8, 4) is 11.6 Å². The predicted octanol–water partition coefficient (Wildman–Crippen LogP) is 3.60. The molecule has 2 heterocycles. The normalized spacial score (nSPS) is 24.5. The van der Waals surface area contributed by atoms with E-state index in [9.17, 15) is 4.79 Å². The summed E-state index contributed by atoms with van der Waals surface area (Å²) in [6, 6.07) is 3.97. The van der Waals surface area contributed by atoms with Gasteiger partial charge in [0.15, 0.2) is 0 Å². The van der Waals surface area contributed by atoms with E-state index in [0.717, 1.165) is 36.3 Å². The highest BCUT2D eigenvalue weighted by molar-refractivity contribution is 5.80. The molecule has 6 nitrogen and oxygen atoms in total. The third-order valence-corrected chi connectivity index (χ3v) is 5.55. The van der Waals surface area contributed by atoms with E-state index in [1.807, 2.05) is 25.3 Å². The highest BCUT2D eigenvalue weighted by atomic mass is 16.5. The van der Waals surface area contributed by atoms with Crippen LogP contribution in [-0.4, -0.2) is 34.5 Å². The second-order valence-electron chi connectivity index (χ2n) is 7.55. The summed E-state index contributed by atoms with van der Waals surface area (Å²) in [5.41, 5.74) is 2.06. The Balaban J connectivity index is 1.41. The van der Waals surface area contributed by atoms with Gasteiger partial charge in [0, 0.05) is 42.1 Å². The average molecular weight is 367 g/mol. The van der Waals surface area contributed by atoms with Crippen LogP contribution in [-0.2, 0) is 4.79 Å². The lowest BCUT2D eigenvalue weighted by Crippen LogP contribution is -2.16. The number of hydrogen-bond donors (Lipinski definition) is 0. The SMILES string of the molecule is COc1ccc(C2CC2COc2nc(C)ncc2C2CCCC(=O)C2)nc1. The molecule has 0 aliphatic heterocycles. The number of pyridine rings is 1. The zero-order valence-corrected chi connectivity index (χ0v) is 15.9. The Morgan fingerprint density at radius 1 is 1.22 bits per heavy atom. The summed E-state index contributed by atoms with van der Waals surface area (Å²) in [6.45, 7) is 2.48. The maximum Gasteiger partial charge on any atom is 0.220 e. The number of aromatic nitrogens is 3. The van der Waals surface area contributed by atoms with Crippen LogP contribution in [0.2, 0.25) is 0 Å². The van der Waals surface area contributed by atoms with Crippen LogP contribution in [0.4, 0.5) is 0 Å². The topological polar surface area (TPSA) is 74.2 Å². The largest absolute Gasteiger partial charge is 0.495 e. The number of aryl methyl sites for hydroxylation is 1. The van der Waals surface area contributed by atoms with Crippen molar-refractivity contribution in [1.82, 2.24) is 15.0 Å². The molecule has 142 valence electrons. The van der Waals surface area contributed by atoms with Gasteiger partial charge in [-0.2, -0.15) is 4.98 Å².